The maximum atomic E-state index is 12.1. The first kappa shape index (κ1) is 16.1. The lowest BCUT2D eigenvalue weighted by atomic mass is 10.1. The maximum absolute atomic E-state index is 12.1. The quantitative estimate of drug-likeness (QED) is 0.784. The fraction of sp³-hybridized carbons (Fsp3) is 0.400. The van der Waals surface area contributed by atoms with Crippen molar-refractivity contribution in [3.8, 4) is 0 Å². The summed E-state index contributed by atoms with van der Waals surface area (Å²) < 4.78 is 0. The zero-order valence-electron chi connectivity index (χ0n) is 11.9. The molecule has 1 amide bonds. The Morgan fingerprint density at radius 3 is 2.76 bits per heavy atom. The van der Waals surface area contributed by atoms with Crippen LogP contribution >= 0.6 is 23.2 Å². The largest absolute Gasteiger partial charge is 0.391 e. The highest BCUT2D eigenvalue weighted by molar-refractivity contribution is 6.39. The smallest absolute Gasteiger partial charge is 0.269 e. The molecule has 4 nitrogen and oxygen atoms in total. The molecular weight excluding hydrogens is 311 g/mol. The van der Waals surface area contributed by atoms with E-state index in [4.69, 9.17) is 23.2 Å². The number of nitrogens with one attached hydrogen (secondary N) is 2. The molecule has 1 unspecified atom stereocenters. The first-order valence-electron chi connectivity index (χ1n) is 6.81. The summed E-state index contributed by atoms with van der Waals surface area (Å²) in [7, 11) is 0. The number of aromatic nitrogens is 1. The number of aliphatic hydroxyl groups is 1. The van der Waals surface area contributed by atoms with Gasteiger partial charge in [0.2, 0.25) is 0 Å². The van der Waals surface area contributed by atoms with E-state index in [1.54, 1.807) is 18.2 Å². The van der Waals surface area contributed by atoms with Crippen molar-refractivity contribution in [2.75, 3.05) is 6.54 Å². The van der Waals surface area contributed by atoms with Gasteiger partial charge in [-0.3, -0.25) is 4.79 Å². The van der Waals surface area contributed by atoms with Crippen LogP contribution in [0.15, 0.2) is 18.2 Å². The summed E-state index contributed by atoms with van der Waals surface area (Å²) in [5.41, 5.74) is 1.03. The van der Waals surface area contributed by atoms with Gasteiger partial charge in [-0.05, 0) is 30.5 Å². The minimum Gasteiger partial charge on any atom is -0.391 e. The Morgan fingerprint density at radius 1 is 1.38 bits per heavy atom. The van der Waals surface area contributed by atoms with Crippen molar-refractivity contribution in [1.29, 1.82) is 0 Å². The van der Waals surface area contributed by atoms with E-state index >= 15 is 0 Å². The molecule has 0 saturated carbocycles. The highest BCUT2D eigenvalue weighted by Gasteiger charge is 2.17. The van der Waals surface area contributed by atoms with Crippen LogP contribution in [-0.2, 0) is 0 Å². The third-order valence-electron chi connectivity index (χ3n) is 3.17. The van der Waals surface area contributed by atoms with E-state index < -0.39 is 6.10 Å². The van der Waals surface area contributed by atoms with E-state index in [1.807, 2.05) is 13.8 Å². The number of hydrogen-bond donors (Lipinski definition) is 3. The van der Waals surface area contributed by atoms with Crippen molar-refractivity contribution < 1.29 is 9.90 Å². The number of amides is 1. The standard InChI is InChI=1S/C15H18Cl2N2O2/c1-8(2)5-10(20)7-18-15(21)14-13(17)11-6-9(16)3-4-12(11)19-14/h3-4,6,8,10,19-20H,5,7H2,1-2H3,(H,18,21). The van der Waals surface area contributed by atoms with Gasteiger partial charge >= 0.3 is 0 Å². The molecule has 1 atom stereocenters. The molecule has 0 fully saturated rings. The van der Waals surface area contributed by atoms with Gasteiger partial charge in [0.15, 0.2) is 0 Å². The summed E-state index contributed by atoms with van der Waals surface area (Å²) in [6.07, 6.45) is 0.0719. The second-order valence-electron chi connectivity index (χ2n) is 5.50. The molecule has 1 aromatic carbocycles. The summed E-state index contributed by atoms with van der Waals surface area (Å²) in [5, 5.41) is 14.1. The summed E-state index contributed by atoms with van der Waals surface area (Å²) >= 11 is 12.1. The molecular formula is C15H18Cl2N2O2. The zero-order chi connectivity index (χ0) is 15.6. The van der Waals surface area contributed by atoms with E-state index in [1.165, 1.54) is 0 Å². The number of carbonyl (C=O) groups excluding carboxylic acids is 1. The summed E-state index contributed by atoms with van der Waals surface area (Å²) in [6.45, 7) is 4.23. The molecule has 0 spiro atoms. The number of halogens is 2. The Bertz CT molecular complexity index is 652. The van der Waals surface area contributed by atoms with E-state index in [-0.39, 0.29) is 18.1 Å². The molecule has 21 heavy (non-hydrogen) atoms. The second kappa shape index (κ2) is 6.69. The number of H-pyrrole nitrogens is 1. The number of benzene rings is 1. The molecule has 114 valence electrons. The lowest BCUT2D eigenvalue weighted by Gasteiger charge is -2.13. The molecule has 1 heterocycles. The Morgan fingerprint density at radius 2 is 2.10 bits per heavy atom. The van der Waals surface area contributed by atoms with Crippen LogP contribution < -0.4 is 5.32 Å². The second-order valence-corrected chi connectivity index (χ2v) is 6.31. The summed E-state index contributed by atoms with van der Waals surface area (Å²) in [5.74, 6) is 0.0332. The molecule has 0 saturated heterocycles. The SMILES string of the molecule is CC(C)CC(O)CNC(=O)c1[nH]c2ccc(Cl)cc2c1Cl. The Kier molecular flexibility index (Phi) is 5.14. The average Bonchev–Trinajstić information content (AvgIpc) is 2.73. The highest BCUT2D eigenvalue weighted by Crippen LogP contribution is 2.29. The first-order chi connectivity index (χ1) is 9.88. The van der Waals surface area contributed by atoms with Gasteiger partial charge in [0, 0.05) is 22.5 Å². The summed E-state index contributed by atoms with van der Waals surface area (Å²) in [6, 6.07) is 5.21. The van der Waals surface area contributed by atoms with Crippen molar-refractivity contribution in [2.24, 2.45) is 5.92 Å². The van der Waals surface area contributed by atoms with Crippen molar-refractivity contribution in [1.82, 2.24) is 10.3 Å². The fourth-order valence-electron chi connectivity index (χ4n) is 2.21. The molecule has 0 aliphatic rings. The van der Waals surface area contributed by atoms with E-state index in [0.717, 1.165) is 5.52 Å². The molecule has 1 aromatic heterocycles. The minimum absolute atomic E-state index is 0.198. The number of fused-ring (bicyclic) bond motifs is 1. The lowest BCUT2D eigenvalue weighted by Crippen LogP contribution is -2.33. The van der Waals surface area contributed by atoms with Gasteiger partial charge in [0.25, 0.3) is 5.91 Å². The summed E-state index contributed by atoms with van der Waals surface area (Å²) in [4.78, 5) is 15.1. The molecule has 2 aromatic rings. The predicted octanol–water partition coefficient (Wildman–Crippen LogP) is 3.61. The number of carbonyl (C=O) groups is 1. The van der Waals surface area contributed by atoms with Crippen LogP contribution in [0.1, 0.15) is 30.8 Å². The monoisotopic (exact) mass is 328 g/mol. The zero-order valence-corrected chi connectivity index (χ0v) is 13.4. The van der Waals surface area contributed by atoms with Crippen molar-refractivity contribution in [2.45, 2.75) is 26.4 Å². The van der Waals surface area contributed by atoms with Crippen LogP contribution in [0.25, 0.3) is 10.9 Å². The van der Waals surface area contributed by atoms with Crippen LogP contribution in [-0.4, -0.2) is 28.6 Å². The Balaban J connectivity index is 2.11. The average molecular weight is 329 g/mol. The highest BCUT2D eigenvalue weighted by atomic mass is 35.5. The van der Waals surface area contributed by atoms with E-state index in [0.29, 0.717) is 27.8 Å². The van der Waals surface area contributed by atoms with Gasteiger partial charge in [-0.15, -0.1) is 0 Å². The van der Waals surface area contributed by atoms with Gasteiger partial charge in [-0.1, -0.05) is 37.0 Å². The van der Waals surface area contributed by atoms with Crippen LogP contribution in [0.3, 0.4) is 0 Å². The van der Waals surface area contributed by atoms with Crippen molar-refractivity contribution in [3.63, 3.8) is 0 Å². The molecule has 3 N–H and O–H groups in total. The van der Waals surface area contributed by atoms with Crippen LogP contribution in [0.4, 0.5) is 0 Å². The van der Waals surface area contributed by atoms with Gasteiger partial charge in [0.05, 0.1) is 11.1 Å². The van der Waals surface area contributed by atoms with Crippen LogP contribution in [0, 0.1) is 5.92 Å². The first-order valence-corrected chi connectivity index (χ1v) is 7.57. The van der Waals surface area contributed by atoms with Gasteiger partial charge in [-0.2, -0.15) is 0 Å². The van der Waals surface area contributed by atoms with Crippen molar-refractivity contribution in [3.05, 3.63) is 33.9 Å². The lowest BCUT2D eigenvalue weighted by molar-refractivity contribution is 0.0896. The van der Waals surface area contributed by atoms with Gasteiger partial charge in [-0.25, -0.2) is 0 Å². The van der Waals surface area contributed by atoms with E-state index in [9.17, 15) is 9.90 Å². The van der Waals surface area contributed by atoms with E-state index in [2.05, 4.69) is 10.3 Å². The molecule has 0 radical (unpaired) electrons. The molecule has 0 aliphatic carbocycles. The third-order valence-corrected chi connectivity index (χ3v) is 3.79. The number of rotatable bonds is 5. The predicted molar refractivity (Wildman–Crippen MR) is 86.1 cm³/mol. The normalized spacial score (nSPS) is 12.9. The van der Waals surface area contributed by atoms with Crippen LogP contribution in [0.2, 0.25) is 10.0 Å². The molecule has 2 rings (SSSR count). The van der Waals surface area contributed by atoms with Crippen LogP contribution in [0.5, 0.6) is 0 Å². The fourth-order valence-corrected chi connectivity index (χ4v) is 2.68. The topological polar surface area (TPSA) is 65.1 Å². The maximum Gasteiger partial charge on any atom is 0.269 e. The minimum atomic E-state index is -0.563. The van der Waals surface area contributed by atoms with Crippen molar-refractivity contribution >= 4 is 40.0 Å². The van der Waals surface area contributed by atoms with Gasteiger partial charge in [0.1, 0.15) is 5.69 Å². The number of aromatic amines is 1. The van der Waals surface area contributed by atoms with Gasteiger partial charge < -0.3 is 15.4 Å². The third kappa shape index (κ3) is 3.90. The number of aliphatic hydroxyl groups excluding tert-OH is 1. The molecule has 0 bridgehead atoms. The number of hydrogen-bond acceptors (Lipinski definition) is 2. The Hall–Kier alpha value is -1.23. The molecule has 6 heteroatoms. The Labute approximate surface area is 133 Å². The molecule has 0 aliphatic heterocycles.